The molecule has 122 valence electrons. The van der Waals surface area contributed by atoms with Crippen molar-refractivity contribution in [2.24, 2.45) is 10.7 Å². The summed E-state index contributed by atoms with van der Waals surface area (Å²) >= 11 is 7.77. The van der Waals surface area contributed by atoms with E-state index in [4.69, 9.17) is 17.3 Å². The van der Waals surface area contributed by atoms with E-state index in [9.17, 15) is 4.79 Å². The molecule has 1 atom stereocenters. The highest BCUT2D eigenvalue weighted by Gasteiger charge is 2.27. The summed E-state index contributed by atoms with van der Waals surface area (Å²) < 4.78 is 0. The number of H-pyrrole nitrogens is 1. The van der Waals surface area contributed by atoms with Crippen LogP contribution in [0, 0.1) is 0 Å². The minimum Gasteiger partial charge on any atom is -0.325 e. The highest BCUT2D eigenvalue weighted by molar-refractivity contribution is 7.99. The van der Waals surface area contributed by atoms with Crippen LogP contribution in [0.3, 0.4) is 0 Å². The Labute approximate surface area is 147 Å². The van der Waals surface area contributed by atoms with Gasteiger partial charge in [0.1, 0.15) is 11.2 Å². The Bertz CT molecular complexity index is 965. The predicted octanol–water partition coefficient (Wildman–Crippen LogP) is 2.44. The molecule has 0 aliphatic carbocycles. The van der Waals surface area contributed by atoms with Gasteiger partial charge in [0.15, 0.2) is 0 Å². The first-order valence-corrected chi connectivity index (χ1v) is 8.81. The highest BCUT2D eigenvalue weighted by Crippen LogP contribution is 2.39. The van der Waals surface area contributed by atoms with E-state index < -0.39 is 0 Å². The van der Waals surface area contributed by atoms with Gasteiger partial charge in [-0.1, -0.05) is 17.7 Å². The molecule has 24 heavy (non-hydrogen) atoms. The molecule has 2 aromatic rings. The molecule has 4 rings (SSSR count). The number of nitrogens with two attached hydrogens (primary N) is 1. The summed E-state index contributed by atoms with van der Waals surface area (Å²) in [5, 5.41) is 8.65. The summed E-state index contributed by atoms with van der Waals surface area (Å²) in [5.74, 6) is 1.50. The number of benzene rings is 1. The van der Waals surface area contributed by atoms with Gasteiger partial charge in [-0.05, 0) is 29.8 Å². The number of aliphatic imine (C=N–C) groups is 1. The predicted molar refractivity (Wildman–Crippen MR) is 97.8 cm³/mol. The van der Waals surface area contributed by atoms with Crippen molar-refractivity contribution in [3.05, 3.63) is 63.2 Å². The van der Waals surface area contributed by atoms with Gasteiger partial charge in [0.25, 0.3) is 5.56 Å². The number of halogens is 1. The summed E-state index contributed by atoms with van der Waals surface area (Å²) in [6.07, 6.45) is 5.63. The maximum Gasteiger partial charge on any atom is 0.272 e. The van der Waals surface area contributed by atoms with Crippen LogP contribution in [-0.2, 0) is 6.54 Å². The van der Waals surface area contributed by atoms with Crippen molar-refractivity contribution in [3.8, 4) is 0 Å². The normalized spacial score (nSPS) is 19.9. The second-order valence-corrected chi connectivity index (χ2v) is 6.90. The average Bonchev–Trinajstić information content (AvgIpc) is 2.61. The van der Waals surface area contributed by atoms with E-state index in [2.05, 4.69) is 20.1 Å². The Morgan fingerprint density at radius 2 is 2.29 bits per heavy atom. The fraction of sp³-hybridized carbons (Fsp3) is 0.188. The molecule has 1 aromatic carbocycles. The third-order valence-corrected chi connectivity index (χ3v) is 5.34. The lowest BCUT2D eigenvalue weighted by atomic mass is 10.1. The van der Waals surface area contributed by atoms with E-state index in [0.29, 0.717) is 22.0 Å². The van der Waals surface area contributed by atoms with Crippen LogP contribution in [0.15, 0.2) is 51.4 Å². The number of nitrogens with one attached hydrogen (secondary N) is 1. The largest absolute Gasteiger partial charge is 0.325 e. The summed E-state index contributed by atoms with van der Waals surface area (Å²) in [5.41, 5.74) is 7.30. The lowest BCUT2D eigenvalue weighted by Crippen LogP contribution is -2.32. The van der Waals surface area contributed by atoms with Gasteiger partial charge in [0.05, 0.1) is 17.0 Å². The van der Waals surface area contributed by atoms with Gasteiger partial charge in [-0.25, -0.2) is 5.10 Å². The molecule has 3 heterocycles. The third kappa shape index (κ3) is 2.54. The number of rotatable bonds is 2. The summed E-state index contributed by atoms with van der Waals surface area (Å²) in [6.45, 7) is 0.267. The van der Waals surface area contributed by atoms with Gasteiger partial charge in [-0.3, -0.25) is 9.79 Å². The van der Waals surface area contributed by atoms with Crippen molar-refractivity contribution in [2.75, 3.05) is 5.88 Å². The van der Waals surface area contributed by atoms with E-state index in [-0.39, 0.29) is 17.5 Å². The minimum absolute atomic E-state index is 0.0593. The summed E-state index contributed by atoms with van der Waals surface area (Å²) in [7, 11) is 0. The first-order chi connectivity index (χ1) is 11.7. The van der Waals surface area contributed by atoms with E-state index >= 15 is 0 Å². The minimum atomic E-state index is -0.208. The van der Waals surface area contributed by atoms with Gasteiger partial charge in [0.2, 0.25) is 0 Å². The first kappa shape index (κ1) is 15.4. The van der Waals surface area contributed by atoms with Crippen LogP contribution in [0.4, 0.5) is 0 Å². The lowest BCUT2D eigenvalue weighted by Gasteiger charge is -2.35. The maximum absolute atomic E-state index is 12.0. The van der Waals surface area contributed by atoms with Gasteiger partial charge in [0, 0.05) is 23.2 Å². The molecule has 0 fully saturated rings. The van der Waals surface area contributed by atoms with Crippen LogP contribution in [0.2, 0.25) is 0 Å². The van der Waals surface area contributed by atoms with Crippen molar-refractivity contribution in [3.63, 3.8) is 0 Å². The van der Waals surface area contributed by atoms with Crippen molar-refractivity contribution in [1.82, 2.24) is 15.1 Å². The fourth-order valence-corrected chi connectivity index (χ4v) is 4.04. The Balaban J connectivity index is 1.81. The molecular formula is C16H14ClN5OS. The van der Waals surface area contributed by atoms with Crippen LogP contribution in [-0.4, -0.2) is 26.8 Å². The van der Waals surface area contributed by atoms with E-state index in [0.717, 1.165) is 16.8 Å². The van der Waals surface area contributed by atoms with Crippen LogP contribution >= 0.6 is 23.4 Å². The monoisotopic (exact) mass is 359 g/mol. The molecule has 3 N–H and O–H groups in total. The molecule has 2 aliphatic heterocycles. The molecule has 0 spiro atoms. The van der Waals surface area contributed by atoms with E-state index in [1.54, 1.807) is 11.8 Å². The molecule has 1 unspecified atom stereocenters. The highest BCUT2D eigenvalue weighted by atomic mass is 35.5. The van der Waals surface area contributed by atoms with Gasteiger partial charge >= 0.3 is 0 Å². The summed E-state index contributed by atoms with van der Waals surface area (Å²) in [4.78, 5) is 18.5. The number of thioether (sulfide) groups is 1. The lowest BCUT2D eigenvalue weighted by molar-refractivity contribution is 0.529. The second-order valence-electron chi connectivity index (χ2n) is 5.43. The maximum atomic E-state index is 12.0. The Kier molecular flexibility index (Phi) is 3.91. The topological polar surface area (TPSA) is 87.4 Å². The molecule has 6 nitrogen and oxygen atoms in total. The first-order valence-electron chi connectivity index (χ1n) is 7.38. The molecule has 0 saturated heterocycles. The number of amidine groups is 1. The Hall–Kier alpha value is -2.09. The zero-order chi connectivity index (χ0) is 16.7. The zero-order valence-electron chi connectivity index (χ0n) is 12.6. The van der Waals surface area contributed by atoms with Crippen LogP contribution in [0.1, 0.15) is 16.6 Å². The zero-order valence-corrected chi connectivity index (χ0v) is 14.1. The van der Waals surface area contributed by atoms with Crippen molar-refractivity contribution in [1.29, 1.82) is 0 Å². The number of hydrogen-bond acceptors (Lipinski definition) is 6. The molecule has 8 heteroatoms. The van der Waals surface area contributed by atoms with Crippen molar-refractivity contribution < 1.29 is 0 Å². The Morgan fingerprint density at radius 1 is 1.42 bits per heavy atom. The van der Waals surface area contributed by atoms with Gasteiger partial charge in [-0.2, -0.15) is 5.10 Å². The second kappa shape index (κ2) is 6.08. The number of hydrogen-bond donors (Lipinski definition) is 2. The van der Waals surface area contributed by atoms with Crippen LogP contribution in [0.25, 0.3) is 10.8 Å². The van der Waals surface area contributed by atoms with Gasteiger partial charge < -0.3 is 10.6 Å². The van der Waals surface area contributed by atoms with Crippen LogP contribution in [0.5, 0.6) is 0 Å². The molecule has 0 radical (unpaired) electrons. The smallest absolute Gasteiger partial charge is 0.272 e. The fourth-order valence-electron chi connectivity index (χ4n) is 2.86. The standard InChI is InChI=1S/C16H14ClN5OS/c17-10-3-4-22-14(6-10)19-8-24-16(22)9-1-2-11-12(5-9)13(7-18)20-21-15(11)23/h1-6,16H,7-8,18H2,(H,21,23). The van der Waals surface area contributed by atoms with Crippen molar-refractivity contribution >= 4 is 40.0 Å². The SMILES string of the molecule is NCc1n[nH]c(=O)c2ccc(C3SCN=C4C=C(Cl)C=CN43)cc12. The number of allylic oxidation sites excluding steroid dienone is 2. The molecule has 0 amide bonds. The Morgan fingerprint density at radius 3 is 3.12 bits per heavy atom. The molecular weight excluding hydrogens is 346 g/mol. The quantitative estimate of drug-likeness (QED) is 0.859. The number of aromatic amines is 1. The third-order valence-electron chi connectivity index (χ3n) is 4.01. The number of nitrogens with zero attached hydrogens (tertiary/aromatic N) is 3. The molecule has 1 aromatic heterocycles. The van der Waals surface area contributed by atoms with E-state index in [1.807, 2.05) is 36.6 Å². The number of aromatic nitrogens is 2. The molecule has 2 aliphatic rings. The number of fused-ring (bicyclic) bond motifs is 2. The average molecular weight is 360 g/mol. The van der Waals surface area contributed by atoms with Gasteiger partial charge in [-0.15, -0.1) is 11.8 Å². The molecule has 0 bridgehead atoms. The molecule has 0 saturated carbocycles. The van der Waals surface area contributed by atoms with E-state index in [1.165, 1.54) is 0 Å². The van der Waals surface area contributed by atoms with Crippen molar-refractivity contribution in [2.45, 2.75) is 11.9 Å². The summed E-state index contributed by atoms with van der Waals surface area (Å²) in [6, 6.07) is 5.78. The van der Waals surface area contributed by atoms with Crippen LogP contribution < -0.4 is 11.3 Å².